The first-order valence-electron chi connectivity index (χ1n) is 9.61. The van der Waals surface area contributed by atoms with Crippen LogP contribution in [0, 0.1) is 42.4 Å². The van der Waals surface area contributed by atoms with Gasteiger partial charge in [-0.1, -0.05) is 23.8 Å². The molecule has 1 aromatic rings. The van der Waals surface area contributed by atoms with E-state index in [4.69, 9.17) is 11.6 Å². The van der Waals surface area contributed by atoms with Crippen molar-refractivity contribution in [3.63, 3.8) is 0 Å². The maximum Gasteiger partial charge on any atom is 0.247 e. The molecule has 0 unspecified atom stereocenters. The molecule has 3 amide bonds. The van der Waals surface area contributed by atoms with E-state index in [1.807, 2.05) is 13.0 Å². The average molecular weight is 464 g/mol. The van der Waals surface area contributed by atoms with Crippen molar-refractivity contribution in [3.8, 4) is 0 Å². The van der Waals surface area contributed by atoms with E-state index in [9.17, 15) is 14.4 Å². The van der Waals surface area contributed by atoms with E-state index in [0.717, 1.165) is 16.5 Å². The lowest BCUT2D eigenvalue weighted by molar-refractivity contribution is -0.146. The second kappa shape index (κ2) is 6.17. The number of allylic oxidation sites excluding steroid dienone is 2. The largest absolute Gasteiger partial charge is 0.324 e. The number of nitrogens with zero attached hydrogens (tertiary/aromatic N) is 1. The van der Waals surface area contributed by atoms with Crippen LogP contribution in [0.2, 0.25) is 5.02 Å². The van der Waals surface area contributed by atoms with Crippen LogP contribution >= 0.6 is 27.5 Å². The average Bonchev–Trinajstić information content (AvgIpc) is 3.43. The van der Waals surface area contributed by atoms with Gasteiger partial charge >= 0.3 is 0 Å². The number of imide groups is 1. The van der Waals surface area contributed by atoms with E-state index in [-0.39, 0.29) is 41.4 Å². The number of nitrogens with one attached hydrogen (secondary N) is 1. The number of rotatable bonds is 3. The van der Waals surface area contributed by atoms with Crippen LogP contribution in [-0.4, -0.2) is 28.7 Å². The SMILES string of the molecule is Cc1cc(Br)c(Cl)cc1NC(=O)[C@H](C)N1C(=O)[C@@H]2[C@H]3C=C[C@@H]([C@@H]4C[C@H]34)[C@@H]2C1=O. The minimum absolute atomic E-state index is 0.157. The van der Waals surface area contributed by atoms with Crippen LogP contribution in [-0.2, 0) is 14.4 Å². The van der Waals surface area contributed by atoms with E-state index in [0.29, 0.717) is 22.5 Å². The van der Waals surface area contributed by atoms with Gasteiger partial charge in [0.1, 0.15) is 6.04 Å². The number of anilines is 1. The highest BCUT2D eigenvalue weighted by Crippen LogP contribution is 2.65. The summed E-state index contributed by atoms with van der Waals surface area (Å²) in [7, 11) is 0. The summed E-state index contributed by atoms with van der Waals surface area (Å²) in [6.07, 6.45) is 5.38. The first-order chi connectivity index (χ1) is 13.3. The fourth-order valence-electron chi connectivity index (χ4n) is 5.50. The zero-order valence-electron chi connectivity index (χ0n) is 15.5. The van der Waals surface area contributed by atoms with Crippen LogP contribution in [0.4, 0.5) is 5.69 Å². The van der Waals surface area contributed by atoms with Crippen LogP contribution < -0.4 is 5.32 Å². The van der Waals surface area contributed by atoms with Crippen LogP contribution in [0.1, 0.15) is 18.9 Å². The van der Waals surface area contributed by atoms with E-state index in [1.54, 1.807) is 13.0 Å². The lowest BCUT2D eigenvalue weighted by atomic mass is 9.63. The van der Waals surface area contributed by atoms with Crippen molar-refractivity contribution in [2.24, 2.45) is 35.5 Å². The molecule has 1 aromatic carbocycles. The quantitative estimate of drug-likeness (QED) is 0.548. The Balaban J connectivity index is 1.38. The Kier molecular flexibility index (Phi) is 4.05. The van der Waals surface area contributed by atoms with E-state index >= 15 is 0 Å². The number of benzene rings is 1. The van der Waals surface area contributed by atoms with Crippen molar-refractivity contribution >= 4 is 50.9 Å². The van der Waals surface area contributed by atoms with Crippen molar-refractivity contribution < 1.29 is 14.4 Å². The molecule has 3 fully saturated rings. The van der Waals surface area contributed by atoms with Crippen molar-refractivity contribution in [3.05, 3.63) is 39.3 Å². The molecule has 7 atom stereocenters. The van der Waals surface area contributed by atoms with Gasteiger partial charge in [0.2, 0.25) is 17.7 Å². The molecule has 1 aliphatic heterocycles. The molecule has 6 rings (SSSR count). The summed E-state index contributed by atoms with van der Waals surface area (Å²) in [4.78, 5) is 40.3. The summed E-state index contributed by atoms with van der Waals surface area (Å²) in [6.45, 7) is 3.48. The number of likely N-dealkylation sites (tertiary alicyclic amines) is 1. The molecule has 0 spiro atoms. The number of halogens is 2. The second-order valence-electron chi connectivity index (χ2n) is 8.45. The zero-order valence-corrected chi connectivity index (χ0v) is 17.8. The number of hydrogen-bond donors (Lipinski definition) is 1. The van der Waals surface area contributed by atoms with Gasteiger partial charge in [-0.3, -0.25) is 19.3 Å². The molecule has 1 saturated heterocycles. The highest BCUT2D eigenvalue weighted by molar-refractivity contribution is 9.10. The Morgan fingerprint density at radius 1 is 1.18 bits per heavy atom. The summed E-state index contributed by atoms with van der Waals surface area (Å²) in [5.41, 5.74) is 1.41. The molecule has 7 heteroatoms. The van der Waals surface area contributed by atoms with E-state index < -0.39 is 6.04 Å². The van der Waals surface area contributed by atoms with Gasteiger partial charge in [0.05, 0.1) is 16.9 Å². The van der Waals surface area contributed by atoms with Gasteiger partial charge in [0.25, 0.3) is 0 Å². The van der Waals surface area contributed by atoms with E-state index in [1.165, 1.54) is 4.90 Å². The van der Waals surface area contributed by atoms with Gasteiger partial charge in [-0.15, -0.1) is 0 Å². The molecule has 4 aliphatic carbocycles. The van der Waals surface area contributed by atoms with Gasteiger partial charge in [0.15, 0.2) is 0 Å². The molecule has 28 heavy (non-hydrogen) atoms. The highest BCUT2D eigenvalue weighted by Gasteiger charge is 2.67. The lowest BCUT2D eigenvalue weighted by Gasteiger charge is -2.37. The molecule has 2 bridgehead atoms. The molecule has 5 aliphatic rings. The topological polar surface area (TPSA) is 66.5 Å². The predicted molar refractivity (Wildman–Crippen MR) is 109 cm³/mol. The molecule has 2 saturated carbocycles. The number of amides is 3. The van der Waals surface area contributed by atoms with Gasteiger partial charge in [-0.25, -0.2) is 0 Å². The van der Waals surface area contributed by atoms with Gasteiger partial charge < -0.3 is 5.32 Å². The summed E-state index contributed by atoms with van der Waals surface area (Å²) >= 11 is 9.50. The Labute approximate surface area is 176 Å². The third-order valence-electron chi connectivity index (χ3n) is 6.99. The third kappa shape index (κ3) is 2.47. The summed E-state index contributed by atoms with van der Waals surface area (Å²) in [5, 5.41) is 3.31. The molecule has 0 radical (unpaired) electrons. The monoisotopic (exact) mass is 462 g/mol. The Hall–Kier alpha value is -1.66. The van der Waals surface area contributed by atoms with Crippen molar-refractivity contribution in [2.75, 3.05) is 5.32 Å². The van der Waals surface area contributed by atoms with Gasteiger partial charge in [-0.2, -0.15) is 0 Å². The molecule has 5 nitrogen and oxygen atoms in total. The van der Waals surface area contributed by atoms with Gasteiger partial charge in [0, 0.05) is 10.2 Å². The van der Waals surface area contributed by atoms with Crippen LogP contribution in [0.15, 0.2) is 28.8 Å². The Morgan fingerprint density at radius 2 is 1.75 bits per heavy atom. The first-order valence-corrected chi connectivity index (χ1v) is 10.8. The maximum absolute atomic E-state index is 13.1. The molecule has 1 N–H and O–H groups in total. The summed E-state index contributed by atoms with van der Waals surface area (Å²) < 4.78 is 0.744. The van der Waals surface area contributed by atoms with Crippen LogP contribution in [0.5, 0.6) is 0 Å². The Bertz CT molecular complexity index is 925. The minimum Gasteiger partial charge on any atom is -0.324 e. The fraction of sp³-hybridized carbons (Fsp3) is 0.476. The van der Waals surface area contributed by atoms with E-state index in [2.05, 4.69) is 33.4 Å². The van der Waals surface area contributed by atoms with Crippen molar-refractivity contribution in [1.82, 2.24) is 4.90 Å². The second-order valence-corrected chi connectivity index (χ2v) is 9.71. The standard InChI is InChI=1S/C21H20BrClN2O3/c1-8-5-14(22)15(23)7-16(8)24-19(26)9(2)25-20(27)17-10-3-4-11(13-6-12(10)13)18(17)21(25)28/h3-5,7,9-13,17-18H,6H2,1-2H3,(H,24,26)/t9-,10-,11-,12-,13+,17-,18+/m0/s1. The molecular weight excluding hydrogens is 444 g/mol. The normalized spacial score (nSPS) is 35.6. The van der Waals surface area contributed by atoms with Crippen LogP contribution in [0.25, 0.3) is 0 Å². The summed E-state index contributed by atoms with van der Waals surface area (Å²) in [6, 6.07) is 2.62. The molecule has 0 aromatic heterocycles. The molecule has 1 heterocycles. The maximum atomic E-state index is 13.1. The molecular formula is C21H20BrClN2O3. The number of carbonyl (C=O) groups excluding carboxylic acids is 3. The molecule has 146 valence electrons. The lowest BCUT2D eigenvalue weighted by Crippen LogP contribution is -2.46. The fourth-order valence-corrected chi connectivity index (χ4v) is 6.12. The van der Waals surface area contributed by atoms with Crippen molar-refractivity contribution in [1.29, 1.82) is 0 Å². The highest BCUT2D eigenvalue weighted by atomic mass is 79.9. The number of carbonyl (C=O) groups is 3. The zero-order chi connectivity index (χ0) is 19.9. The van der Waals surface area contributed by atoms with Crippen molar-refractivity contribution in [2.45, 2.75) is 26.3 Å². The smallest absolute Gasteiger partial charge is 0.247 e. The third-order valence-corrected chi connectivity index (χ3v) is 8.19. The predicted octanol–water partition coefficient (Wildman–Crippen LogP) is 3.79. The summed E-state index contributed by atoms with van der Waals surface area (Å²) in [5.74, 6) is 0.0756. The number of aryl methyl sites for hydroxylation is 1. The minimum atomic E-state index is -0.858. The van der Waals surface area contributed by atoms with Crippen LogP contribution in [0.3, 0.4) is 0 Å². The number of hydrogen-bond acceptors (Lipinski definition) is 3. The Morgan fingerprint density at radius 3 is 2.32 bits per heavy atom. The first kappa shape index (κ1) is 18.4. The van der Waals surface area contributed by atoms with Gasteiger partial charge in [-0.05, 0) is 77.6 Å².